The van der Waals surface area contributed by atoms with Crippen LogP contribution in [0.4, 0.5) is 0 Å². The first kappa shape index (κ1) is 18.1. The molecule has 26 heavy (non-hydrogen) atoms. The Hall–Kier alpha value is -2.67. The molecule has 0 saturated heterocycles. The van der Waals surface area contributed by atoms with Crippen molar-refractivity contribution in [1.82, 2.24) is 10.3 Å². The van der Waals surface area contributed by atoms with E-state index >= 15 is 0 Å². The van der Waals surface area contributed by atoms with Gasteiger partial charge in [0.05, 0.1) is 30.0 Å². The molecule has 1 aromatic heterocycles. The molecular weight excluding hydrogens is 336 g/mol. The lowest BCUT2D eigenvalue weighted by Gasteiger charge is -2.56. The van der Waals surface area contributed by atoms with E-state index in [1.807, 2.05) is 0 Å². The Balaban J connectivity index is 1.97. The van der Waals surface area contributed by atoms with Crippen molar-refractivity contribution >= 4 is 22.8 Å². The van der Waals surface area contributed by atoms with Gasteiger partial charge in [0.1, 0.15) is 11.3 Å². The summed E-state index contributed by atoms with van der Waals surface area (Å²) < 4.78 is 5.18. The first-order valence-corrected chi connectivity index (χ1v) is 8.32. The number of carbonyl (C=O) groups is 2. The summed E-state index contributed by atoms with van der Waals surface area (Å²) in [5, 5.41) is 23.0. The number of nitrogens with zero attached hydrogens (tertiary/aromatic N) is 1. The lowest BCUT2D eigenvalue weighted by molar-refractivity contribution is -0.180. The molecule has 1 aliphatic carbocycles. The average Bonchev–Trinajstić information content (AvgIpc) is 2.59. The number of aromatic nitrogens is 1. The summed E-state index contributed by atoms with van der Waals surface area (Å²) in [4.78, 5) is 29.1. The summed E-state index contributed by atoms with van der Waals surface area (Å²) in [7, 11) is 1.57. The number of amides is 1. The van der Waals surface area contributed by atoms with Crippen LogP contribution in [0.5, 0.6) is 5.75 Å². The second-order valence-electron chi connectivity index (χ2n) is 7.29. The zero-order chi connectivity index (χ0) is 19.3. The normalized spacial score (nSPS) is 24.0. The van der Waals surface area contributed by atoms with E-state index in [0.29, 0.717) is 22.5 Å². The Morgan fingerprint density at radius 2 is 2.00 bits per heavy atom. The largest absolute Gasteiger partial charge is 0.497 e. The third kappa shape index (κ3) is 2.50. The van der Waals surface area contributed by atoms with E-state index in [-0.39, 0.29) is 6.42 Å². The Morgan fingerprint density at radius 3 is 2.54 bits per heavy atom. The molecule has 3 rings (SSSR count). The number of aliphatic hydroxyl groups is 1. The van der Waals surface area contributed by atoms with Gasteiger partial charge in [-0.1, -0.05) is 13.8 Å². The van der Waals surface area contributed by atoms with E-state index in [0.717, 1.165) is 5.39 Å². The summed E-state index contributed by atoms with van der Waals surface area (Å²) in [6.07, 6.45) is -0.819. The van der Waals surface area contributed by atoms with Gasteiger partial charge >= 0.3 is 5.97 Å². The van der Waals surface area contributed by atoms with E-state index in [1.165, 1.54) is 0 Å². The minimum atomic E-state index is -1.51. The maximum atomic E-state index is 12.8. The zero-order valence-corrected chi connectivity index (χ0v) is 15.2. The van der Waals surface area contributed by atoms with Gasteiger partial charge in [0.2, 0.25) is 0 Å². The second-order valence-corrected chi connectivity index (χ2v) is 7.29. The number of carboxylic acid groups (broad SMARTS) is 1. The number of hydrogen-bond acceptors (Lipinski definition) is 5. The van der Waals surface area contributed by atoms with Crippen LogP contribution < -0.4 is 10.1 Å². The van der Waals surface area contributed by atoms with Crippen molar-refractivity contribution < 1.29 is 24.5 Å². The van der Waals surface area contributed by atoms with Crippen molar-refractivity contribution in [3.8, 4) is 5.75 Å². The SMILES string of the molecule is COc1ccc2cc(C(=O)NC3(C(=O)O)CC(O)C3(C)C)c(C)nc2c1. The number of aryl methyl sites for hydroxylation is 1. The number of nitrogens with one attached hydrogen (secondary N) is 1. The van der Waals surface area contributed by atoms with Crippen LogP contribution in [0.25, 0.3) is 10.9 Å². The number of rotatable bonds is 4. The minimum absolute atomic E-state index is 0.0294. The Morgan fingerprint density at radius 1 is 1.31 bits per heavy atom. The molecule has 2 aromatic rings. The smallest absolute Gasteiger partial charge is 0.330 e. The van der Waals surface area contributed by atoms with Crippen molar-refractivity contribution in [2.75, 3.05) is 7.11 Å². The molecular formula is C19H22N2O5. The van der Waals surface area contributed by atoms with Gasteiger partial charge in [-0.15, -0.1) is 0 Å². The summed E-state index contributed by atoms with van der Waals surface area (Å²) in [5.74, 6) is -1.01. The molecule has 1 saturated carbocycles. The van der Waals surface area contributed by atoms with E-state index in [4.69, 9.17) is 4.74 Å². The number of aliphatic hydroxyl groups excluding tert-OH is 1. The number of pyridine rings is 1. The predicted molar refractivity (Wildman–Crippen MR) is 95.3 cm³/mol. The highest BCUT2D eigenvalue weighted by molar-refractivity contribution is 6.01. The molecule has 3 N–H and O–H groups in total. The fraction of sp³-hybridized carbons (Fsp3) is 0.421. The quantitative estimate of drug-likeness (QED) is 0.770. The molecule has 0 radical (unpaired) electrons. The summed E-state index contributed by atoms with van der Waals surface area (Å²) in [6, 6.07) is 7.02. The number of methoxy groups -OCH3 is 1. The first-order chi connectivity index (χ1) is 12.1. The molecule has 7 heteroatoms. The summed E-state index contributed by atoms with van der Waals surface area (Å²) in [5.41, 5.74) is -1.00. The van der Waals surface area contributed by atoms with E-state index in [1.54, 1.807) is 52.1 Å². The standard InChI is InChI=1S/C19H22N2O5/c1-10-13(7-11-5-6-12(26-4)8-14(11)20-10)16(23)21-19(17(24)25)9-15(22)18(19,2)3/h5-8,15,22H,9H2,1-4H3,(H,21,23)(H,24,25). The molecule has 0 aliphatic heterocycles. The van der Waals surface area contributed by atoms with E-state index < -0.39 is 28.9 Å². The van der Waals surface area contributed by atoms with Crippen LogP contribution in [0.1, 0.15) is 36.3 Å². The van der Waals surface area contributed by atoms with Gasteiger partial charge in [0.25, 0.3) is 5.91 Å². The highest BCUT2D eigenvalue weighted by Crippen LogP contribution is 2.50. The molecule has 1 amide bonds. The van der Waals surface area contributed by atoms with Gasteiger partial charge in [-0.3, -0.25) is 9.78 Å². The Kier molecular flexibility index (Phi) is 4.15. The molecule has 1 heterocycles. The number of aliphatic carboxylic acids is 1. The molecule has 1 aliphatic rings. The first-order valence-electron chi connectivity index (χ1n) is 8.32. The third-order valence-corrected chi connectivity index (χ3v) is 5.58. The maximum absolute atomic E-state index is 12.8. The molecule has 1 aromatic carbocycles. The summed E-state index contributed by atoms with van der Waals surface area (Å²) >= 11 is 0. The fourth-order valence-corrected chi connectivity index (χ4v) is 3.45. The van der Waals surface area contributed by atoms with Crippen LogP contribution in [-0.2, 0) is 4.79 Å². The highest BCUT2D eigenvalue weighted by atomic mass is 16.5. The van der Waals surface area contributed by atoms with Crippen molar-refractivity contribution in [3.63, 3.8) is 0 Å². The van der Waals surface area contributed by atoms with Crippen LogP contribution in [0, 0.1) is 12.3 Å². The van der Waals surface area contributed by atoms with Crippen molar-refractivity contribution in [2.45, 2.75) is 38.8 Å². The van der Waals surface area contributed by atoms with Crippen LogP contribution >= 0.6 is 0 Å². The molecule has 7 nitrogen and oxygen atoms in total. The van der Waals surface area contributed by atoms with Crippen LogP contribution in [-0.4, -0.2) is 45.8 Å². The topological polar surface area (TPSA) is 109 Å². The summed E-state index contributed by atoms with van der Waals surface area (Å²) in [6.45, 7) is 4.96. The predicted octanol–water partition coefficient (Wildman–Crippen LogP) is 1.90. The highest BCUT2D eigenvalue weighted by Gasteiger charge is 2.65. The van der Waals surface area contributed by atoms with Gasteiger partial charge in [0.15, 0.2) is 0 Å². The Bertz CT molecular complexity index is 908. The number of hydrogen-bond donors (Lipinski definition) is 3. The zero-order valence-electron chi connectivity index (χ0n) is 15.2. The molecule has 2 unspecified atom stereocenters. The number of fused-ring (bicyclic) bond motifs is 1. The molecule has 1 fully saturated rings. The van der Waals surface area contributed by atoms with E-state index in [9.17, 15) is 19.8 Å². The number of ether oxygens (including phenoxy) is 1. The Labute approximate surface area is 151 Å². The molecule has 0 bridgehead atoms. The lowest BCUT2D eigenvalue weighted by Crippen LogP contribution is -2.75. The monoisotopic (exact) mass is 358 g/mol. The number of carboxylic acids is 1. The molecule has 0 spiro atoms. The van der Waals surface area contributed by atoms with Gasteiger partial charge < -0.3 is 20.3 Å². The van der Waals surface area contributed by atoms with Crippen molar-refractivity contribution in [2.24, 2.45) is 5.41 Å². The average molecular weight is 358 g/mol. The third-order valence-electron chi connectivity index (χ3n) is 5.58. The second kappa shape index (κ2) is 5.95. The fourth-order valence-electron chi connectivity index (χ4n) is 3.45. The van der Waals surface area contributed by atoms with Crippen LogP contribution in [0.15, 0.2) is 24.3 Å². The van der Waals surface area contributed by atoms with Crippen LogP contribution in [0.3, 0.4) is 0 Å². The molecule has 2 atom stereocenters. The number of benzene rings is 1. The van der Waals surface area contributed by atoms with Crippen molar-refractivity contribution in [1.29, 1.82) is 0 Å². The van der Waals surface area contributed by atoms with Gasteiger partial charge in [-0.2, -0.15) is 0 Å². The van der Waals surface area contributed by atoms with Gasteiger partial charge in [0, 0.05) is 23.3 Å². The van der Waals surface area contributed by atoms with E-state index in [2.05, 4.69) is 10.3 Å². The van der Waals surface area contributed by atoms with Gasteiger partial charge in [-0.25, -0.2) is 4.79 Å². The van der Waals surface area contributed by atoms with Crippen molar-refractivity contribution in [3.05, 3.63) is 35.5 Å². The van der Waals surface area contributed by atoms with Gasteiger partial charge in [-0.05, 0) is 25.1 Å². The minimum Gasteiger partial charge on any atom is -0.497 e. The molecule has 138 valence electrons. The maximum Gasteiger partial charge on any atom is 0.330 e. The lowest BCUT2D eigenvalue weighted by atomic mass is 9.54. The number of carbonyl (C=O) groups excluding carboxylic acids is 1. The van der Waals surface area contributed by atoms with Crippen LogP contribution in [0.2, 0.25) is 0 Å².